The van der Waals surface area contributed by atoms with E-state index in [1.807, 2.05) is 36.4 Å². The number of esters is 1. The lowest BCUT2D eigenvalue weighted by molar-refractivity contribution is 0.0601. The number of nitrogens with one attached hydrogen (secondary N) is 1. The summed E-state index contributed by atoms with van der Waals surface area (Å²) in [6.45, 7) is 0. The first-order valence-corrected chi connectivity index (χ1v) is 6.35. The third-order valence-electron chi connectivity index (χ3n) is 2.72. The number of hydrogen-bond donors (Lipinski definition) is 1. The standard InChI is InChI=1S/C12H10O2.C4H5N3/c1-14-12(13)11-7-6-9-4-2-3-5-10(9)8-11;1-2-4-6-7-5-3-1/h2-8H,1H3;1-4,7H. The van der Waals surface area contributed by atoms with Gasteiger partial charge < -0.3 is 4.74 Å². The Hall–Kier alpha value is -2.95. The third kappa shape index (κ3) is 4.28. The largest absolute Gasteiger partial charge is 0.465 e. The molecule has 0 bridgehead atoms. The fourth-order valence-corrected chi connectivity index (χ4v) is 1.72. The van der Waals surface area contributed by atoms with Gasteiger partial charge in [0.05, 0.1) is 12.7 Å². The second-order valence-electron chi connectivity index (χ2n) is 4.09. The minimum absolute atomic E-state index is 0.296. The summed E-state index contributed by atoms with van der Waals surface area (Å²) in [5.41, 5.74) is 3.01. The van der Waals surface area contributed by atoms with Crippen molar-refractivity contribution in [2.24, 2.45) is 10.2 Å². The number of nitrogens with zero attached hydrogens (tertiary/aromatic N) is 2. The Kier molecular flexibility index (Phi) is 5.23. The van der Waals surface area contributed by atoms with Crippen LogP contribution in [0.3, 0.4) is 0 Å². The van der Waals surface area contributed by atoms with Crippen LogP contribution in [0.5, 0.6) is 0 Å². The lowest BCUT2D eigenvalue weighted by Crippen LogP contribution is -2.00. The summed E-state index contributed by atoms with van der Waals surface area (Å²) in [7, 11) is 1.39. The highest BCUT2D eigenvalue weighted by atomic mass is 16.5. The lowest BCUT2D eigenvalue weighted by Gasteiger charge is -2.01. The molecule has 0 radical (unpaired) electrons. The molecule has 0 spiro atoms. The van der Waals surface area contributed by atoms with Crippen LogP contribution in [0, 0.1) is 0 Å². The monoisotopic (exact) mass is 281 g/mol. The molecule has 5 nitrogen and oxygen atoms in total. The predicted octanol–water partition coefficient (Wildman–Crippen LogP) is 2.74. The molecule has 0 saturated heterocycles. The third-order valence-corrected chi connectivity index (χ3v) is 2.72. The van der Waals surface area contributed by atoms with Gasteiger partial charge in [0.2, 0.25) is 0 Å². The van der Waals surface area contributed by atoms with E-state index in [0.29, 0.717) is 5.56 Å². The zero-order valence-electron chi connectivity index (χ0n) is 11.6. The molecular formula is C16H15N3O2. The number of methoxy groups -OCH3 is 1. The van der Waals surface area contributed by atoms with Crippen molar-refractivity contribution in [3.05, 3.63) is 60.2 Å². The van der Waals surface area contributed by atoms with E-state index in [4.69, 9.17) is 0 Å². The van der Waals surface area contributed by atoms with Gasteiger partial charge in [0.25, 0.3) is 0 Å². The van der Waals surface area contributed by atoms with E-state index in [9.17, 15) is 4.79 Å². The molecule has 21 heavy (non-hydrogen) atoms. The summed E-state index contributed by atoms with van der Waals surface area (Å²) in [6.07, 6.45) is 6.85. The van der Waals surface area contributed by atoms with E-state index in [-0.39, 0.29) is 5.97 Å². The van der Waals surface area contributed by atoms with Crippen molar-refractivity contribution >= 4 is 29.2 Å². The maximum absolute atomic E-state index is 11.2. The molecule has 5 heteroatoms. The van der Waals surface area contributed by atoms with E-state index in [2.05, 4.69) is 20.5 Å². The zero-order valence-corrected chi connectivity index (χ0v) is 11.6. The van der Waals surface area contributed by atoms with E-state index in [1.54, 1.807) is 30.6 Å². The molecule has 1 heterocycles. The smallest absolute Gasteiger partial charge is 0.337 e. The van der Waals surface area contributed by atoms with Crippen LogP contribution < -0.4 is 5.53 Å². The number of benzene rings is 2. The SMILES string of the molecule is C1=CC=NNN=C1.COC(=O)c1ccc2ccccc2c1. The minimum atomic E-state index is -0.296. The average Bonchev–Trinajstić information content (AvgIpc) is 2.87. The van der Waals surface area contributed by atoms with Gasteiger partial charge in [-0.15, -0.1) is 0 Å². The number of rotatable bonds is 1. The molecule has 0 atom stereocenters. The number of allylic oxidation sites excluding steroid dienone is 2. The number of carbonyl (C=O) groups is 1. The number of hydrogen-bond acceptors (Lipinski definition) is 5. The Morgan fingerprint density at radius 1 is 1.00 bits per heavy atom. The second-order valence-corrected chi connectivity index (χ2v) is 4.09. The Labute approximate surface area is 122 Å². The number of carbonyl (C=O) groups excluding carboxylic acids is 1. The molecule has 1 aliphatic rings. The summed E-state index contributed by atoms with van der Waals surface area (Å²) in [6, 6.07) is 13.4. The normalized spacial score (nSPS) is 12.0. The summed E-state index contributed by atoms with van der Waals surface area (Å²) in [5.74, 6) is -0.296. The van der Waals surface area contributed by atoms with Gasteiger partial charge >= 0.3 is 5.97 Å². The van der Waals surface area contributed by atoms with Crippen LogP contribution in [0.2, 0.25) is 0 Å². The summed E-state index contributed by atoms with van der Waals surface area (Å²) >= 11 is 0. The Morgan fingerprint density at radius 3 is 2.33 bits per heavy atom. The molecule has 0 saturated carbocycles. The van der Waals surface area contributed by atoms with Crippen molar-refractivity contribution < 1.29 is 9.53 Å². The molecule has 0 aliphatic carbocycles. The Bertz CT molecular complexity index is 691. The molecule has 106 valence electrons. The van der Waals surface area contributed by atoms with E-state index < -0.39 is 0 Å². The van der Waals surface area contributed by atoms with Crippen molar-refractivity contribution in [2.45, 2.75) is 0 Å². The maximum Gasteiger partial charge on any atom is 0.337 e. The number of fused-ring (bicyclic) bond motifs is 1. The molecule has 0 amide bonds. The molecule has 0 aromatic heterocycles. The molecule has 2 aromatic rings. The van der Waals surface area contributed by atoms with Gasteiger partial charge in [-0.2, -0.15) is 15.7 Å². The van der Waals surface area contributed by atoms with Gasteiger partial charge in [-0.25, -0.2) is 4.79 Å². The van der Waals surface area contributed by atoms with E-state index >= 15 is 0 Å². The molecule has 1 N–H and O–H groups in total. The first kappa shape index (κ1) is 14.5. The van der Waals surface area contributed by atoms with Gasteiger partial charge in [0, 0.05) is 12.4 Å². The van der Waals surface area contributed by atoms with Crippen molar-refractivity contribution in [1.29, 1.82) is 0 Å². The molecule has 1 aliphatic heterocycles. The summed E-state index contributed by atoms with van der Waals surface area (Å²) in [4.78, 5) is 11.2. The molecule has 2 aromatic carbocycles. The molecule has 0 fully saturated rings. The topological polar surface area (TPSA) is 63.1 Å². The number of ether oxygens (including phenoxy) is 1. The van der Waals surface area contributed by atoms with Crippen LogP contribution in [0.4, 0.5) is 0 Å². The molecule has 0 unspecified atom stereocenters. The van der Waals surface area contributed by atoms with Crippen LogP contribution in [0.15, 0.2) is 64.8 Å². The fourth-order valence-electron chi connectivity index (χ4n) is 1.72. The molecule has 3 rings (SSSR count). The quantitative estimate of drug-likeness (QED) is 0.817. The molecular weight excluding hydrogens is 266 g/mol. The van der Waals surface area contributed by atoms with Gasteiger partial charge in [-0.05, 0) is 35.1 Å². The number of hydrazone groups is 2. The predicted molar refractivity (Wildman–Crippen MR) is 84.5 cm³/mol. The highest BCUT2D eigenvalue weighted by molar-refractivity contribution is 5.95. The van der Waals surface area contributed by atoms with Crippen LogP contribution in [0.25, 0.3) is 10.8 Å². The van der Waals surface area contributed by atoms with Crippen LogP contribution in [-0.4, -0.2) is 25.5 Å². The second kappa shape index (κ2) is 7.59. The highest BCUT2D eigenvalue weighted by Gasteiger charge is 2.04. The minimum Gasteiger partial charge on any atom is -0.465 e. The Morgan fingerprint density at radius 2 is 1.67 bits per heavy atom. The first-order valence-electron chi connectivity index (χ1n) is 6.35. The van der Waals surface area contributed by atoms with Crippen molar-refractivity contribution in [3.8, 4) is 0 Å². The summed E-state index contributed by atoms with van der Waals surface area (Å²) < 4.78 is 4.65. The van der Waals surface area contributed by atoms with Crippen LogP contribution >= 0.6 is 0 Å². The van der Waals surface area contributed by atoms with Gasteiger partial charge in [0.15, 0.2) is 0 Å². The lowest BCUT2D eigenvalue weighted by atomic mass is 10.1. The van der Waals surface area contributed by atoms with E-state index in [1.165, 1.54) is 7.11 Å². The summed E-state index contributed by atoms with van der Waals surface area (Å²) in [5, 5.41) is 9.40. The van der Waals surface area contributed by atoms with E-state index in [0.717, 1.165) is 10.8 Å². The van der Waals surface area contributed by atoms with Crippen LogP contribution in [0.1, 0.15) is 10.4 Å². The first-order chi connectivity index (χ1) is 10.3. The van der Waals surface area contributed by atoms with Crippen molar-refractivity contribution in [2.75, 3.05) is 7.11 Å². The van der Waals surface area contributed by atoms with Gasteiger partial charge in [0.1, 0.15) is 0 Å². The maximum atomic E-state index is 11.2. The van der Waals surface area contributed by atoms with Crippen molar-refractivity contribution in [1.82, 2.24) is 5.53 Å². The van der Waals surface area contributed by atoms with Crippen molar-refractivity contribution in [3.63, 3.8) is 0 Å². The average molecular weight is 281 g/mol. The van der Waals surface area contributed by atoms with Gasteiger partial charge in [-0.1, -0.05) is 30.3 Å². The Balaban J connectivity index is 0.000000194. The fraction of sp³-hybridized carbons (Fsp3) is 0.0625. The van der Waals surface area contributed by atoms with Gasteiger partial charge in [-0.3, -0.25) is 0 Å². The van der Waals surface area contributed by atoms with Crippen LogP contribution in [-0.2, 0) is 4.74 Å². The zero-order chi connectivity index (χ0) is 14.9. The highest BCUT2D eigenvalue weighted by Crippen LogP contribution is 2.15.